The van der Waals surface area contributed by atoms with E-state index in [0.717, 1.165) is 25.3 Å². The van der Waals surface area contributed by atoms with Gasteiger partial charge >= 0.3 is 12.0 Å². The van der Waals surface area contributed by atoms with Crippen LogP contribution in [-0.4, -0.2) is 53.1 Å². The van der Waals surface area contributed by atoms with Crippen LogP contribution in [0.1, 0.15) is 26.7 Å². The Kier molecular flexibility index (Phi) is 6.48. The summed E-state index contributed by atoms with van der Waals surface area (Å²) in [5.74, 6) is 0.859. The number of amides is 2. The average molecular weight is 288 g/mol. The van der Waals surface area contributed by atoms with E-state index in [9.17, 15) is 9.59 Å². The predicted octanol–water partition coefficient (Wildman–Crippen LogP) is 1.88. The van der Waals surface area contributed by atoms with Crippen LogP contribution in [0.2, 0.25) is 0 Å². The van der Waals surface area contributed by atoms with Gasteiger partial charge in [0, 0.05) is 13.1 Å². The Morgan fingerprint density at radius 2 is 2.16 bits per heavy atom. The van der Waals surface area contributed by atoms with Gasteiger partial charge in [-0.15, -0.1) is 0 Å². The van der Waals surface area contributed by atoms with E-state index in [1.807, 2.05) is 6.26 Å². The van der Waals surface area contributed by atoms with Gasteiger partial charge in [-0.3, -0.25) is 0 Å². The van der Waals surface area contributed by atoms with Crippen LogP contribution in [0.5, 0.6) is 0 Å². The van der Waals surface area contributed by atoms with Gasteiger partial charge in [0.15, 0.2) is 0 Å². The van der Waals surface area contributed by atoms with Gasteiger partial charge in [0.05, 0.1) is 0 Å². The molecular weight excluding hydrogens is 264 g/mol. The zero-order valence-corrected chi connectivity index (χ0v) is 12.7. The van der Waals surface area contributed by atoms with Crippen LogP contribution in [0.3, 0.4) is 0 Å². The van der Waals surface area contributed by atoms with E-state index in [4.69, 9.17) is 5.11 Å². The van der Waals surface area contributed by atoms with Crippen LogP contribution in [0, 0.1) is 11.8 Å². The normalized spacial score (nSPS) is 20.6. The number of nitrogens with zero attached hydrogens (tertiary/aromatic N) is 1. The third kappa shape index (κ3) is 4.93. The number of carboxylic acid groups (broad SMARTS) is 1. The number of thioether (sulfide) groups is 1. The Hall–Kier alpha value is -0.910. The number of carbonyl (C=O) groups is 2. The molecule has 6 heteroatoms. The molecule has 110 valence electrons. The van der Waals surface area contributed by atoms with Crippen molar-refractivity contribution in [3.8, 4) is 0 Å². The first-order valence-electron chi connectivity index (χ1n) is 6.72. The van der Waals surface area contributed by atoms with Crippen LogP contribution in [0.15, 0.2) is 0 Å². The fourth-order valence-electron chi connectivity index (χ4n) is 2.25. The third-order valence-electron chi connectivity index (χ3n) is 3.66. The van der Waals surface area contributed by atoms with Crippen molar-refractivity contribution in [1.29, 1.82) is 0 Å². The fraction of sp³-hybridized carbons (Fsp3) is 0.846. The maximum Gasteiger partial charge on any atom is 0.326 e. The Labute approximate surface area is 119 Å². The van der Waals surface area contributed by atoms with E-state index < -0.39 is 12.0 Å². The summed E-state index contributed by atoms with van der Waals surface area (Å²) in [5, 5.41) is 11.7. The molecule has 5 nitrogen and oxygen atoms in total. The van der Waals surface area contributed by atoms with Crippen molar-refractivity contribution in [3.05, 3.63) is 0 Å². The second-order valence-electron chi connectivity index (χ2n) is 5.36. The van der Waals surface area contributed by atoms with Crippen molar-refractivity contribution in [2.24, 2.45) is 11.8 Å². The number of carbonyl (C=O) groups excluding carboxylic acids is 1. The highest BCUT2D eigenvalue weighted by Crippen LogP contribution is 2.23. The lowest BCUT2D eigenvalue weighted by Gasteiger charge is -2.21. The minimum absolute atomic E-state index is 0.239. The number of urea groups is 1. The molecular formula is C13H24N2O3S. The minimum Gasteiger partial charge on any atom is -0.480 e. The van der Waals surface area contributed by atoms with Gasteiger partial charge in [-0.05, 0) is 36.7 Å². The lowest BCUT2D eigenvalue weighted by atomic mass is 9.95. The first-order valence-corrected chi connectivity index (χ1v) is 8.12. The summed E-state index contributed by atoms with van der Waals surface area (Å²) in [5.41, 5.74) is 0. The van der Waals surface area contributed by atoms with Gasteiger partial charge < -0.3 is 15.3 Å². The fourth-order valence-corrected chi connectivity index (χ4v) is 2.72. The second kappa shape index (κ2) is 7.62. The molecule has 0 aromatic rings. The van der Waals surface area contributed by atoms with Crippen LogP contribution >= 0.6 is 11.8 Å². The maximum absolute atomic E-state index is 12.0. The number of likely N-dealkylation sites (tertiary alicyclic amines) is 1. The zero-order chi connectivity index (χ0) is 14.4. The third-order valence-corrected chi connectivity index (χ3v) is 4.31. The molecule has 0 aliphatic carbocycles. The minimum atomic E-state index is -0.956. The molecule has 1 fully saturated rings. The Bertz CT molecular complexity index is 323. The molecule has 1 unspecified atom stereocenters. The molecule has 1 heterocycles. The van der Waals surface area contributed by atoms with E-state index in [-0.39, 0.29) is 6.03 Å². The van der Waals surface area contributed by atoms with Crippen LogP contribution in [0.4, 0.5) is 4.79 Å². The van der Waals surface area contributed by atoms with E-state index in [1.54, 1.807) is 16.7 Å². The summed E-state index contributed by atoms with van der Waals surface area (Å²) >= 11 is 1.58. The first-order chi connectivity index (χ1) is 8.95. The van der Waals surface area contributed by atoms with E-state index in [1.165, 1.54) is 0 Å². The van der Waals surface area contributed by atoms with Crippen molar-refractivity contribution in [2.45, 2.75) is 32.7 Å². The number of aliphatic carboxylic acids is 1. The second-order valence-corrected chi connectivity index (χ2v) is 6.35. The van der Waals surface area contributed by atoms with Gasteiger partial charge in [-0.1, -0.05) is 13.8 Å². The van der Waals surface area contributed by atoms with Gasteiger partial charge in [0.1, 0.15) is 6.04 Å². The Morgan fingerprint density at radius 3 is 2.63 bits per heavy atom. The molecule has 0 radical (unpaired) electrons. The standard InChI is InChI=1S/C13H24N2O3S/c1-9(2)10-4-6-15(8-10)13(18)14-11(12(16)17)5-7-19-3/h9-11H,4-8H2,1-3H3,(H,14,18)(H,16,17)/t10?,11-/m0/s1. The van der Waals surface area contributed by atoms with Crippen molar-refractivity contribution in [1.82, 2.24) is 10.2 Å². The Balaban J connectivity index is 2.46. The number of hydrogen-bond donors (Lipinski definition) is 2. The zero-order valence-electron chi connectivity index (χ0n) is 11.9. The molecule has 1 saturated heterocycles. The van der Waals surface area contributed by atoms with Crippen molar-refractivity contribution in [3.63, 3.8) is 0 Å². The first kappa shape index (κ1) is 16.1. The largest absolute Gasteiger partial charge is 0.480 e. The lowest BCUT2D eigenvalue weighted by molar-refractivity contribution is -0.139. The number of hydrogen-bond acceptors (Lipinski definition) is 3. The highest BCUT2D eigenvalue weighted by molar-refractivity contribution is 7.98. The topological polar surface area (TPSA) is 69.6 Å². The quantitative estimate of drug-likeness (QED) is 0.783. The highest BCUT2D eigenvalue weighted by atomic mass is 32.2. The monoisotopic (exact) mass is 288 g/mol. The summed E-state index contributed by atoms with van der Waals surface area (Å²) < 4.78 is 0. The summed E-state index contributed by atoms with van der Waals surface area (Å²) in [6.45, 7) is 5.77. The number of carboxylic acids is 1. The molecule has 0 aromatic carbocycles. The summed E-state index contributed by atoms with van der Waals surface area (Å²) in [6.07, 6.45) is 3.39. The van der Waals surface area contributed by atoms with Crippen LogP contribution < -0.4 is 5.32 Å². The molecule has 0 spiro atoms. The molecule has 2 amide bonds. The average Bonchev–Trinajstić information content (AvgIpc) is 2.83. The number of nitrogens with one attached hydrogen (secondary N) is 1. The summed E-state index contributed by atoms with van der Waals surface area (Å²) in [7, 11) is 0. The van der Waals surface area contributed by atoms with Gasteiger partial charge in [0.2, 0.25) is 0 Å². The molecule has 2 atom stereocenters. The van der Waals surface area contributed by atoms with Gasteiger partial charge in [0.25, 0.3) is 0 Å². The summed E-state index contributed by atoms with van der Waals surface area (Å²) in [6, 6.07) is -1.02. The van der Waals surface area contributed by atoms with Gasteiger partial charge in [-0.2, -0.15) is 11.8 Å². The molecule has 2 N–H and O–H groups in total. The molecule has 0 bridgehead atoms. The molecule has 0 saturated carbocycles. The molecule has 1 aliphatic heterocycles. The van der Waals surface area contributed by atoms with Gasteiger partial charge in [-0.25, -0.2) is 9.59 Å². The van der Waals surface area contributed by atoms with Crippen LogP contribution in [-0.2, 0) is 4.79 Å². The Morgan fingerprint density at radius 1 is 1.47 bits per heavy atom. The highest BCUT2D eigenvalue weighted by Gasteiger charge is 2.30. The molecule has 19 heavy (non-hydrogen) atoms. The smallest absolute Gasteiger partial charge is 0.326 e. The van der Waals surface area contributed by atoms with Crippen LogP contribution in [0.25, 0.3) is 0 Å². The SMILES string of the molecule is CSCC[C@H](NC(=O)N1CCC(C(C)C)C1)C(=O)O. The predicted molar refractivity (Wildman–Crippen MR) is 77.5 cm³/mol. The van der Waals surface area contributed by atoms with E-state index in [0.29, 0.717) is 18.3 Å². The summed E-state index contributed by atoms with van der Waals surface area (Å²) in [4.78, 5) is 24.9. The van der Waals surface area contributed by atoms with Crippen molar-refractivity contribution < 1.29 is 14.7 Å². The van der Waals surface area contributed by atoms with E-state index in [2.05, 4.69) is 19.2 Å². The van der Waals surface area contributed by atoms with Crippen molar-refractivity contribution >= 4 is 23.8 Å². The molecule has 1 rings (SSSR count). The maximum atomic E-state index is 12.0. The van der Waals surface area contributed by atoms with E-state index >= 15 is 0 Å². The number of rotatable bonds is 6. The van der Waals surface area contributed by atoms with Crippen molar-refractivity contribution in [2.75, 3.05) is 25.1 Å². The lowest BCUT2D eigenvalue weighted by Crippen LogP contribution is -2.47. The molecule has 0 aromatic heterocycles. The molecule has 1 aliphatic rings.